The first-order chi connectivity index (χ1) is 11.2. The molecule has 0 saturated carbocycles. The van der Waals surface area contributed by atoms with Gasteiger partial charge in [-0.05, 0) is 35.4 Å². The molecule has 0 aliphatic carbocycles. The molecule has 114 valence electrons. The number of aliphatic hydroxyl groups excluding tert-OH is 1. The molecule has 0 aliphatic rings. The van der Waals surface area contributed by atoms with Crippen molar-refractivity contribution in [2.75, 3.05) is 0 Å². The predicted octanol–water partition coefficient (Wildman–Crippen LogP) is 3.12. The number of rotatable bonds is 3. The second-order valence-corrected chi connectivity index (χ2v) is 5.49. The number of benzene rings is 2. The maximum Gasteiger partial charge on any atom is 0.133 e. The number of nitrogens with one attached hydrogen (secondary N) is 1. The summed E-state index contributed by atoms with van der Waals surface area (Å²) in [5, 5.41) is 13.4. The number of H-pyrrole nitrogens is 1. The molecule has 4 aromatic rings. The van der Waals surface area contributed by atoms with Crippen LogP contribution in [0.15, 0.2) is 54.7 Å². The zero-order chi connectivity index (χ0) is 15.8. The summed E-state index contributed by atoms with van der Waals surface area (Å²) in [4.78, 5) is 7.45. The zero-order valence-corrected chi connectivity index (χ0v) is 12.7. The fourth-order valence-corrected chi connectivity index (χ4v) is 2.83. The molecule has 0 spiro atoms. The molecule has 2 heterocycles. The molecule has 0 saturated heterocycles. The van der Waals surface area contributed by atoms with E-state index in [-0.39, 0.29) is 6.61 Å². The minimum atomic E-state index is -0.0833. The van der Waals surface area contributed by atoms with Gasteiger partial charge in [0.25, 0.3) is 0 Å². The molecule has 0 fully saturated rings. The lowest BCUT2D eigenvalue weighted by Crippen LogP contribution is -1.93. The van der Waals surface area contributed by atoms with E-state index in [4.69, 9.17) is 0 Å². The number of aliphatic hydroxyl groups is 1. The third kappa shape index (κ3) is 2.41. The van der Waals surface area contributed by atoms with Crippen molar-refractivity contribution in [3.63, 3.8) is 0 Å². The van der Waals surface area contributed by atoms with Crippen molar-refractivity contribution in [2.45, 2.75) is 6.61 Å². The van der Waals surface area contributed by atoms with Gasteiger partial charge in [-0.2, -0.15) is 5.10 Å². The van der Waals surface area contributed by atoms with Crippen molar-refractivity contribution in [1.82, 2.24) is 19.7 Å². The van der Waals surface area contributed by atoms with Gasteiger partial charge in [0.15, 0.2) is 0 Å². The third-order valence-electron chi connectivity index (χ3n) is 3.99. The molecular formula is C18H16N4O. The Hall–Kier alpha value is -2.92. The Morgan fingerprint density at radius 2 is 1.87 bits per heavy atom. The minimum absolute atomic E-state index is 0.0833. The van der Waals surface area contributed by atoms with Crippen LogP contribution in [0.2, 0.25) is 0 Å². The van der Waals surface area contributed by atoms with Crippen LogP contribution in [0.3, 0.4) is 0 Å². The third-order valence-corrected chi connectivity index (χ3v) is 3.99. The Bertz CT molecular complexity index is 984. The normalized spacial score (nSPS) is 11.2. The van der Waals surface area contributed by atoms with Gasteiger partial charge in [0.2, 0.25) is 0 Å². The topological polar surface area (TPSA) is 66.7 Å². The van der Waals surface area contributed by atoms with Crippen LogP contribution >= 0.6 is 0 Å². The fourth-order valence-electron chi connectivity index (χ4n) is 2.83. The molecule has 23 heavy (non-hydrogen) atoms. The van der Waals surface area contributed by atoms with Gasteiger partial charge < -0.3 is 10.1 Å². The van der Waals surface area contributed by atoms with Crippen molar-refractivity contribution >= 4 is 11.0 Å². The summed E-state index contributed by atoms with van der Waals surface area (Å²) in [7, 11) is 1.94. The average molecular weight is 304 g/mol. The van der Waals surface area contributed by atoms with Crippen molar-refractivity contribution in [3.05, 3.63) is 60.6 Å². The molecule has 0 radical (unpaired) electrons. The Morgan fingerprint density at radius 3 is 2.65 bits per heavy atom. The summed E-state index contributed by atoms with van der Waals surface area (Å²) >= 11 is 0. The lowest BCUT2D eigenvalue weighted by atomic mass is 10.0. The molecule has 2 aromatic carbocycles. The van der Waals surface area contributed by atoms with Crippen molar-refractivity contribution in [2.24, 2.45) is 7.05 Å². The molecule has 4 rings (SSSR count). The molecule has 0 unspecified atom stereocenters. The Labute approximate surface area is 133 Å². The fraction of sp³-hybridized carbons (Fsp3) is 0.111. The number of hydrogen-bond acceptors (Lipinski definition) is 3. The van der Waals surface area contributed by atoms with Gasteiger partial charge in [0.05, 0.1) is 16.7 Å². The Kier molecular flexibility index (Phi) is 3.20. The largest absolute Gasteiger partial charge is 0.388 e. The van der Waals surface area contributed by atoms with Gasteiger partial charge in [-0.1, -0.05) is 24.3 Å². The molecule has 2 N–H and O–H groups in total. The van der Waals surface area contributed by atoms with Crippen LogP contribution < -0.4 is 0 Å². The molecular weight excluding hydrogens is 288 g/mol. The van der Waals surface area contributed by atoms with Crippen LogP contribution in [0.25, 0.3) is 33.4 Å². The molecule has 0 amide bonds. The predicted molar refractivity (Wildman–Crippen MR) is 89.7 cm³/mol. The van der Waals surface area contributed by atoms with E-state index in [1.54, 1.807) is 6.20 Å². The highest BCUT2D eigenvalue weighted by atomic mass is 16.3. The number of hydrogen-bond donors (Lipinski definition) is 2. The van der Waals surface area contributed by atoms with E-state index in [1.807, 2.05) is 36.0 Å². The number of nitrogens with zero attached hydrogens (tertiary/aromatic N) is 3. The van der Waals surface area contributed by atoms with Gasteiger partial charge in [-0.3, -0.25) is 4.68 Å². The van der Waals surface area contributed by atoms with Crippen molar-refractivity contribution < 1.29 is 5.11 Å². The zero-order valence-electron chi connectivity index (χ0n) is 12.7. The highest BCUT2D eigenvalue weighted by Gasteiger charge is 2.07. The molecule has 5 heteroatoms. The van der Waals surface area contributed by atoms with Crippen LogP contribution in [0.4, 0.5) is 0 Å². The Balaban J connectivity index is 1.80. The molecule has 2 aromatic heterocycles. The van der Waals surface area contributed by atoms with Crippen molar-refractivity contribution in [3.8, 4) is 22.4 Å². The van der Waals surface area contributed by atoms with E-state index in [1.165, 1.54) is 0 Å². The van der Waals surface area contributed by atoms with Crippen LogP contribution in [-0.4, -0.2) is 24.9 Å². The van der Waals surface area contributed by atoms with Gasteiger partial charge in [-0.15, -0.1) is 0 Å². The first-order valence-electron chi connectivity index (χ1n) is 7.43. The van der Waals surface area contributed by atoms with E-state index < -0.39 is 0 Å². The number of imidazole rings is 1. The SMILES string of the molecule is Cn1nccc1-c1cccc(-c2ccc3nc(CO)[nH]c3c2)c1. The second kappa shape index (κ2) is 5.37. The highest BCUT2D eigenvalue weighted by Crippen LogP contribution is 2.27. The van der Waals surface area contributed by atoms with E-state index in [0.29, 0.717) is 5.82 Å². The quantitative estimate of drug-likeness (QED) is 0.611. The van der Waals surface area contributed by atoms with E-state index in [9.17, 15) is 5.11 Å². The van der Waals surface area contributed by atoms with Crippen LogP contribution in [0.1, 0.15) is 5.82 Å². The molecule has 0 aliphatic heterocycles. The molecule has 0 bridgehead atoms. The van der Waals surface area contributed by atoms with Crippen LogP contribution in [0.5, 0.6) is 0 Å². The lowest BCUT2D eigenvalue weighted by Gasteiger charge is -2.06. The summed E-state index contributed by atoms with van der Waals surface area (Å²) in [6, 6.07) is 16.5. The summed E-state index contributed by atoms with van der Waals surface area (Å²) in [6.45, 7) is -0.0833. The average Bonchev–Trinajstić information content (AvgIpc) is 3.19. The van der Waals surface area contributed by atoms with Gasteiger partial charge >= 0.3 is 0 Å². The van der Waals surface area contributed by atoms with E-state index in [2.05, 4.69) is 39.3 Å². The van der Waals surface area contributed by atoms with Gasteiger partial charge in [0.1, 0.15) is 12.4 Å². The Morgan fingerprint density at radius 1 is 1.04 bits per heavy atom. The maximum absolute atomic E-state index is 9.19. The number of fused-ring (bicyclic) bond motifs is 1. The van der Waals surface area contributed by atoms with Gasteiger partial charge in [-0.25, -0.2) is 4.98 Å². The smallest absolute Gasteiger partial charge is 0.133 e. The summed E-state index contributed by atoms with van der Waals surface area (Å²) in [6.07, 6.45) is 1.80. The van der Waals surface area contributed by atoms with Crippen LogP contribution in [0, 0.1) is 0 Å². The first kappa shape index (κ1) is 13.7. The number of aryl methyl sites for hydroxylation is 1. The van der Waals surface area contributed by atoms with E-state index >= 15 is 0 Å². The molecule has 5 nitrogen and oxygen atoms in total. The summed E-state index contributed by atoms with van der Waals surface area (Å²) < 4.78 is 1.87. The molecule has 0 atom stereocenters. The lowest BCUT2D eigenvalue weighted by molar-refractivity contribution is 0.273. The number of aromatic amines is 1. The first-order valence-corrected chi connectivity index (χ1v) is 7.43. The maximum atomic E-state index is 9.19. The highest BCUT2D eigenvalue weighted by molar-refractivity contribution is 5.83. The minimum Gasteiger partial charge on any atom is -0.388 e. The van der Waals surface area contributed by atoms with Crippen molar-refractivity contribution in [1.29, 1.82) is 0 Å². The van der Waals surface area contributed by atoms with E-state index in [0.717, 1.165) is 33.4 Å². The van der Waals surface area contributed by atoms with Crippen LogP contribution in [-0.2, 0) is 13.7 Å². The second-order valence-electron chi connectivity index (χ2n) is 5.49. The number of aromatic nitrogens is 4. The monoisotopic (exact) mass is 304 g/mol. The standard InChI is InChI=1S/C18H16N4O/c1-22-17(7-8-19-22)14-4-2-3-12(9-14)13-5-6-15-16(10-13)21-18(11-23)20-15/h2-10,23H,11H2,1H3,(H,20,21). The summed E-state index contributed by atoms with van der Waals surface area (Å²) in [5.41, 5.74) is 6.23. The summed E-state index contributed by atoms with van der Waals surface area (Å²) in [5.74, 6) is 0.584. The van der Waals surface area contributed by atoms with Gasteiger partial charge in [0, 0.05) is 18.8 Å².